The van der Waals surface area contributed by atoms with Crippen molar-refractivity contribution >= 4 is 40.3 Å². The molecule has 4 amide bonds. The second-order valence-corrected chi connectivity index (χ2v) is 15.9. The standard InChI is InChI=1S/C43H52N8O10/c1-28-26-50(37-25-35(44-27-45-37)39-33-24-30(61-43(2)9-10-43)4-6-34(33)47-48-39)12-11-49(28)13-14-56-15-16-57-17-18-58-19-20-59-21-22-60-29-3-5-31-32(23-29)42(55)51(41(31)54)36-7-8-38(52)46-40(36)53/h3-6,23-25,27-28,36H,7-22,26H2,1-2H3,(H,47,48)(H,46,52,53)/t28-,36?/m0/s1. The molecule has 0 radical (unpaired) electrons. The number of nitrogens with zero attached hydrogens (tertiary/aromatic N) is 6. The molecule has 18 nitrogen and oxygen atoms in total. The molecule has 8 rings (SSSR count). The van der Waals surface area contributed by atoms with E-state index in [9.17, 15) is 19.2 Å². The van der Waals surface area contributed by atoms with Gasteiger partial charge in [0.2, 0.25) is 11.8 Å². The summed E-state index contributed by atoms with van der Waals surface area (Å²) in [6.07, 6.45) is 3.92. The van der Waals surface area contributed by atoms with Gasteiger partial charge in [0.25, 0.3) is 11.8 Å². The number of carbonyl (C=O) groups is 4. The number of amides is 4. The third kappa shape index (κ3) is 10.2. The highest BCUT2D eigenvalue weighted by atomic mass is 16.6. The highest BCUT2D eigenvalue weighted by Gasteiger charge is 2.45. The molecular weight excluding hydrogens is 789 g/mol. The first-order chi connectivity index (χ1) is 29.7. The van der Waals surface area contributed by atoms with E-state index < -0.39 is 29.7 Å². The average molecular weight is 841 g/mol. The molecule has 0 spiro atoms. The van der Waals surface area contributed by atoms with Gasteiger partial charge in [-0.15, -0.1) is 0 Å². The predicted molar refractivity (Wildman–Crippen MR) is 221 cm³/mol. The Labute approximate surface area is 353 Å². The van der Waals surface area contributed by atoms with Gasteiger partial charge in [-0.1, -0.05) is 0 Å². The van der Waals surface area contributed by atoms with E-state index in [0.29, 0.717) is 64.6 Å². The molecule has 2 atom stereocenters. The maximum absolute atomic E-state index is 13.0. The molecule has 1 aliphatic carbocycles. The second kappa shape index (κ2) is 19.0. The first-order valence-electron chi connectivity index (χ1n) is 20.9. The first kappa shape index (κ1) is 42.2. The van der Waals surface area contributed by atoms with Gasteiger partial charge in [-0.3, -0.25) is 39.4 Å². The van der Waals surface area contributed by atoms with Crippen molar-refractivity contribution in [2.45, 2.75) is 57.2 Å². The van der Waals surface area contributed by atoms with Crippen LogP contribution in [0, 0.1) is 0 Å². The fourth-order valence-corrected chi connectivity index (χ4v) is 7.70. The molecule has 4 aliphatic rings. The number of fused-ring (bicyclic) bond motifs is 2. The van der Waals surface area contributed by atoms with Crippen LogP contribution < -0.4 is 19.7 Å². The Balaban J connectivity index is 0.646. The van der Waals surface area contributed by atoms with Crippen LogP contribution in [-0.2, 0) is 28.5 Å². The van der Waals surface area contributed by atoms with Crippen molar-refractivity contribution in [2.75, 3.05) is 90.5 Å². The van der Waals surface area contributed by atoms with Gasteiger partial charge in [-0.25, -0.2) is 9.97 Å². The van der Waals surface area contributed by atoms with E-state index in [1.165, 1.54) is 12.1 Å². The number of H-pyrrole nitrogens is 1. The minimum Gasteiger partial charge on any atom is -0.491 e. The summed E-state index contributed by atoms with van der Waals surface area (Å²) >= 11 is 0. The number of benzene rings is 2. The summed E-state index contributed by atoms with van der Waals surface area (Å²) in [7, 11) is 0. The van der Waals surface area contributed by atoms with E-state index >= 15 is 0 Å². The number of hydrogen-bond donors (Lipinski definition) is 2. The summed E-state index contributed by atoms with van der Waals surface area (Å²) in [4.78, 5) is 64.5. The van der Waals surface area contributed by atoms with E-state index in [0.717, 1.165) is 77.8 Å². The lowest BCUT2D eigenvalue weighted by atomic mass is 10.0. The molecule has 5 heterocycles. The van der Waals surface area contributed by atoms with Gasteiger partial charge in [0.1, 0.15) is 47.6 Å². The molecule has 3 aliphatic heterocycles. The van der Waals surface area contributed by atoms with Crippen LogP contribution in [0.5, 0.6) is 11.5 Å². The van der Waals surface area contributed by atoms with Gasteiger partial charge >= 0.3 is 0 Å². The molecule has 18 heteroatoms. The molecule has 1 saturated carbocycles. The van der Waals surface area contributed by atoms with Crippen molar-refractivity contribution in [3.63, 3.8) is 0 Å². The fraction of sp³-hybridized carbons (Fsp3) is 0.512. The van der Waals surface area contributed by atoms with Crippen molar-refractivity contribution in [3.05, 3.63) is 59.9 Å². The van der Waals surface area contributed by atoms with Crippen molar-refractivity contribution in [1.29, 1.82) is 0 Å². The van der Waals surface area contributed by atoms with Gasteiger partial charge in [0.05, 0.1) is 75.2 Å². The Morgan fingerprint density at radius 1 is 0.787 bits per heavy atom. The Kier molecular flexibility index (Phi) is 13.2. The SMILES string of the molecule is C[C@H]1CN(c2cc(-c3n[nH]c4ccc(OC5(C)CC5)cc34)ncn2)CCN1CCOCCOCCOCCOCCOc1ccc2c(c1)C(=O)N(C1CCC(=O)NC1=O)C2=O. The predicted octanol–water partition coefficient (Wildman–Crippen LogP) is 3.01. The van der Waals surface area contributed by atoms with Crippen molar-refractivity contribution < 1.29 is 47.6 Å². The van der Waals surface area contributed by atoms with E-state index in [1.807, 2.05) is 24.3 Å². The molecule has 2 N–H and O–H groups in total. The summed E-state index contributed by atoms with van der Waals surface area (Å²) in [5.74, 6) is -0.0778. The van der Waals surface area contributed by atoms with E-state index in [-0.39, 0.29) is 36.2 Å². The van der Waals surface area contributed by atoms with Crippen LogP contribution in [0.15, 0.2) is 48.8 Å². The molecule has 0 bridgehead atoms. The third-order valence-electron chi connectivity index (χ3n) is 11.4. The lowest BCUT2D eigenvalue weighted by Crippen LogP contribution is -2.54. The van der Waals surface area contributed by atoms with Crippen LogP contribution in [0.25, 0.3) is 22.3 Å². The summed E-state index contributed by atoms with van der Waals surface area (Å²) in [6.45, 7) is 11.5. The van der Waals surface area contributed by atoms with Crippen molar-refractivity contribution in [2.24, 2.45) is 0 Å². The number of ether oxygens (including phenoxy) is 6. The van der Waals surface area contributed by atoms with Gasteiger partial charge in [-0.05, 0) is 69.5 Å². The van der Waals surface area contributed by atoms with Crippen LogP contribution in [-0.4, -0.2) is 157 Å². The molecule has 3 fully saturated rings. The molecule has 324 valence electrons. The zero-order valence-corrected chi connectivity index (χ0v) is 34.6. The van der Waals surface area contributed by atoms with Crippen LogP contribution in [0.2, 0.25) is 0 Å². The zero-order chi connectivity index (χ0) is 42.3. The minimum absolute atomic E-state index is 0.0574. The van der Waals surface area contributed by atoms with Crippen molar-refractivity contribution in [3.8, 4) is 22.9 Å². The maximum atomic E-state index is 13.0. The molecule has 2 aromatic carbocycles. The largest absolute Gasteiger partial charge is 0.491 e. The van der Waals surface area contributed by atoms with Gasteiger partial charge in [-0.2, -0.15) is 5.10 Å². The number of piperidine rings is 1. The molecule has 1 unspecified atom stereocenters. The molecule has 4 aromatic rings. The second-order valence-electron chi connectivity index (χ2n) is 15.9. The number of rotatable bonds is 21. The Bertz CT molecular complexity index is 2230. The lowest BCUT2D eigenvalue weighted by molar-refractivity contribution is -0.136. The number of anilines is 1. The van der Waals surface area contributed by atoms with Crippen LogP contribution in [0.3, 0.4) is 0 Å². The Morgan fingerprint density at radius 2 is 1.49 bits per heavy atom. The summed E-state index contributed by atoms with van der Waals surface area (Å²) in [6, 6.07) is 12.0. The Morgan fingerprint density at radius 3 is 2.21 bits per heavy atom. The zero-order valence-electron chi connectivity index (χ0n) is 34.6. The van der Waals surface area contributed by atoms with Crippen LogP contribution in [0.4, 0.5) is 5.82 Å². The number of aromatic nitrogens is 4. The number of piperazine rings is 1. The molecule has 2 aromatic heterocycles. The molecule has 61 heavy (non-hydrogen) atoms. The average Bonchev–Trinajstić information content (AvgIpc) is 3.74. The summed E-state index contributed by atoms with van der Waals surface area (Å²) < 4.78 is 34.6. The number of imide groups is 2. The van der Waals surface area contributed by atoms with E-state index in [1.54, 1.807) is 12.4 Å². The highest BCUT2D eigenvalue weighted by molar-refractivity contribution is 6.23. The van der Waals surface area contributed by atoms with Crippen LogP contribution >= 0.6 is 0 Å². The number of hydrogen-bond acceptors (Lipinski definition) is 15. The maximum Gasteiger partial charge on any atom is 0.262 e. The van der Waals surface area contributed by atoms with Gasteiger partial charge in [0, 0.05) is 50.1 Å². The monoisotopic (exact) mass is 840 g/mol. The number of nitrogens with one attached hydrogen (secondary N) is 2. The fourth-order valence-electron chi connectivity index (χ4n) is 7.70. The van der Waals surface area contributed by atoms with E-state index in [4.69, 9.17) is 28.4 Å². The summed E-state index contributed by atoms with van der Waals surface area (Å²) in [5.41, 5.74) is 2.80. The van der Waals surface area contributed by atoms with Gasteiger partial charge < -0.3 is 33.3 Å². The van der Waals surface area contributed by atoms with Crippen molar-refractivity contribution in [1.82, 2.24) is 35.3 Å². The first-order valence-corrected chi connectivity index (χ1v) is 20.9. The smallest absolute Gasteiger partial charge is 0.262 e. The minimum atomic E-state index is -1.01. The quantitative estimate of drug-likeness (QED) is 0.0916. The lowest BCUT2D eigenvalue weighted by Gasteiger charge is -2.40. The number of aromatic amines is 1. The molecular formula is C43H52N8O10. The normalized spacial score (nSPS) is 20.0. The topological polar surface area (TPSA) is 200 Å². The van der Waals surface area contributed by atoms with Gasteiger partial charge in [0.15, 0.2) is 0 Å². The highest BCUT2D eigenvalue weighted by Crippen LogP contribution is 2.40. The Hall–Kier alpha value is -5.53. The van der Waals surface area contributed by atoms with E-state index in [2.05, 4.69) is 49.1 Å². The number of carbonyl (C=O) groups excluding carboxylic acids is 4. The third-order valence-corrected chi connectivity index (χ3v) is 11.4. The molecule has 2 saturated heterocycles. The summed E-state index contributed by atoms with van der Waals surface area (Å²) in [5, 5.41) is 10.9. The van der Waals surface area contributed by atoms with Crippen LogP contribution in [0.1, 0.15) is 60.2 Å².